The zero-order valence-electron chi connectivity index (χ0n) is 8.75. The maximum Gasteiger partial charge on any atom is 0.231 e. The summed E-state index contributed by atoms with van der Waals surface area (Å²) in [6.07, 6.45) is 2.66. The number of carbonyl (C=O) groups is 1. The number of hydrogen-bond donors (Lipinski definition) is 0. The first-order valence-corrected chi connectivity index (χ1v) is 5.30. The van der Waals surface area contributed by atoms with Gasteiger partial charge in [-0.2, -0.15) is 0 Å². The van der Waals surface area contributed by atoms with E-state index in [0.717, 1.165) is 36.4 Å². The molecule has 0 aliphatic carbocycles. The van der Waals surface area contributed by atoms with Crippen molar-refractivity contribution in [2.45, 2.75) is 19.3 Å². The summed E-state index contributed by atoms with van der Waals surface area (Å²) in [5.41, 5.74) is 3.56. The van der Waals surface area contributed by atoms with E-state index in [1.165, 1.54) is 5.56 Å². The van der Waals surface area contributed by atoms with E-state index >= 15 is 0 Å². The molecular weight excluding hydrogens is 190 g/mol. The average molecular weight is 203 g/mol. The van der Waals surface area contributed by atoms with Gasteiger partial charge in [-0.1, -0.05) is 0 Å². The van der Waals surface area contributed by atoms with Crippen molar-refractivity contribution >= 4 is 11.6 Å². The van der Waals surface area contributed by atoms with Crippen LogP contribution in [0.4, 0.5) is 5.69 Å². The lowest BCUT2D eigenvalue weighted by Crippen LogP contribution is -2.31. The maximum absolute atomic E-state index is 11.7. The predicted molar refractivity (Wildman–Crippen MR) is 57.4 cm³/mol. The minimum Gasteiger partial charge on any atom is -0.497 e. The fraction of sp³-hybridized carbons (Fsp3) is 0.417. The SMILES string of the molecule is COc1cc2c3c(c1)CC(=O)N3CCC2. The molecule has 2 aliphatic rings. The monoisotopic (exact) mass is 203 g/mol. The van der Waals surface area contributed by atoms with Crippen molar-refractivity contribution in [3.63, 3.8) is 0 Å². The van der Waals surface area contributed by atoms with E-state index in [9.17, 15) is 4.79 Å². The smallest absolute Gasteiger partial charge is 0.231 e. The normalized spacial score (nSPS) is 17.9. The van der Waals surface area contributed by atoms with Crippen LogP contribution in [0.1, 0.15) is 17.5 Å². The molecule has 0 saturated carbocycles. The molecule has 0 aromatic heterocycles. The van der Waals surface area contributed by atoms with Gasteiger partial charge in [-0.25, -0.2) is 0 Å². The molecule has 15 heavy (non-hydrogen) atoms. The van der Waals surface area contributed by atoms with Gasteiger partial charge in [0.2, 0.25) is 5.91 Å². The molecule has 2 aliphatic heterocycles. The van der Waals surface area contributed by atoms with Gasteiger partial charge in [0.25, 0.3) is 0 Å². The van der Waals surface area contributed by atoms with Gasteiger partial charge in [0, 0.05) is 6.54 Å². The second kappa shape index (κ2) is 2.99. The molecule has 3 heteroatoms. The van der Waals surface area contributed by atoms with Gasteiger partial charge in [0.15, 0.2) is 0 Å². The van der Waals surface area contributed by atoms with Crippen LogP contribution in [0, 0.1) is 0 Å². The zero-order chi connectivity index (χ0) is 10.4. The quantitative estimate of drug-likeness (QED) is 0.692. The summed E-state index contributed by atoms with van der Waals surface area (Å²) in [7, 11) is 1.67. The molecule has 1 aromatic carbocycles. The van der Waals surface area contributed by atoms with Crippen LogP contribution in [0.2, 0.25) is 0 Å². The van der Waals surface area contributed by atoms with E-state index in [1.54, 1.807) is 7.11 Å². The highest BCUT2D eigenvalue weighted by molar-refractivity contribution is 6.02. The highest BCUT2D eigenvalue weighted by Gasteiger charge is 2.32. The fourth-order valence-corrected chi connectivity index (χ4v) is 2.57. The molecule has 1 amide bonds. The van der Waals surface area contributed by atoms with Crippen LogP contribution in [-0.2, 0) is 17.6 Å². The van der Waals surface area contributed by atoms with Crippen molar-refractivity contribution < 1.29 is 9.53 Å². The number of ether oxygens (including phenoxy) is 1. The summed E-state index contributed by atoms with van der Waals surface area (Å²) < 4.78 is 5.25. The number of rotatable bonds is 1. The van der Waals surface area contributed by atoms with Gasteiger partial charge in [-0.05, 0) is 36.1 Å². The number of aryl methyl sites for hydroxylation is 1. The Kier molecular flexibility index (Phi) is 1.75. The Balaban J connectivity index is 2.20. The Morgan fingerprint density at radius 3 is 2.93 bits per heavy atom. The van der Waals surface area contributed by atoms with Crippen LogP contribution in [0.3, 0.4) is 0 Å². The number of methoxy groups -OCH3 is 1. The van der Waals surface area contributed by atoms with Crippen LogP contribution >= 0.6 is 0 Å². The fourth-order valence-electron chi connectivity index (χ4n) is 2.57. The van der Waals surface area contributed by atoms with Crippen molar-refractivity contribution in [2.75, 3.05) is 18.6 Å². The second-order valence-corrected chi connectivity index (χ2v) is 4.12. The van der Waals surface area contributed by atoms with E-state index in [2.05, 4.69) is 6.07 Å². The standard InChI is InChI=1S/C12H13NO2/c1-15-10-5-8-3-2-4-13-11(14)7-9(6-10)12(8)13/h5-6H,2-4,7H2,1H3. The van der Waals surface area contributed by atoms with Crippen LogP contribution in [0.5, 0.6) is 5.75 Å². The summed E-state index contributed by atoms with van der Waals surface area (Å²) in [5.74, 6) is 1.11. The lowest BCUT2D eigenvalue weighted by molar-refractivity contribution is -0.117. The van der Waals surface area contributed by atoms with E-state index in [0.29, 0.717) is 6.42 Å². The van der Waals surface area contributed by atoms with Gasteiger partial charge >= 0.3 is 0 Å². The van der Waals surface area contributed by atoms with Gasteiger partial charge in [-0.15, -0.1) is 0 Å². The summed E-state index contributed by atoms with van der Waals surface area (Å²) >= 11 is 0. The molecule has 3 rings (SSSR count). The Morgan fingerprint density at radius 2 is 2.13 bits per heavy atom. The minimum absolute atomic E-state index is 0.235. The third-order valence-corrected chi connectivity index (χ3v) is 3.22. The molecule has 1 aromatic rings. The number of anilines is 1. The van der Waals surface area contributed by atoms with Crippen LogP contribution < -0.4 is 9.64 Å². The minimum atomic E-state index is 0.235. The number of hydrogen-bond acceptors (Lipinski definition) is 2. The van der Waals surface area contributed by atoms with Crippen molar-refractivity contribution in [3.8, 4) is 5.75 Å². The zero-order valence-corrected chi connectivity index (χ0v) is 8.75. The van der Waals surface area contributed by atoms with E-state index in [-0.39, 0.29) is 5.91 Å². The Hall–Kier alpha value is -1.51. The van der Waals surface area contributed by atoms with Crippen molar-refractivity contribution in [1.82, 2.24) is 0 Å². The molecule has 0 saturated heterocycles. The van der Waals surface area contributed by atoms with Gasteiger partial charge in [0.1, 0.15) is 5.75 Å². The van der Waals surface area contributed by atoms with Crippen LogP contribution in [0.25, 0.3) is 0 Å². The maximum atomic E-state index is 11.7. The molecule has 0 N–H and O–H groups in total. The first-order chi connectivity index (χ1) is 7.29. The molecule has 0 atom stereocenters. The molecule has 0 fully saturated rings. The molecule has 2 heterocycles. The number of carbonyl (C=O) groups excluding carboxylic acids is 1. The first-order valence-electron chi connectivity index (χ1n) is 5.30. The summed E-state index contributed by atoms with van der Waals surface area (Å²) in [4.78, 5) is 13.7. The Labute approximate surface area is 88.6 Å². The second-order valence-electron chi connectivity index (χ2n) is 4.12. The van der Waals surface area contributed by atoms with Crippen LogP contribution in [0.15, 0.2) is 12.1 Å². The average Bonchev–Trinajstić information content (AvgIpc) is 2.58. The Morgan fingerprint density at radius 1 is 1.33 bits per heavy atom. The van der Waals surface area contributed by atoms with Gasteiger partial charge in [0.05, 0.1) is 19.2 Å². The van der Waals surface area contributed by atoms with Crippen molar-refractivity contribution in [1.29, 1.82) is 0 Å². The number of benzene rings is 1. The lowest BCUT2D eigenvalue weighted by atomic mass is 10.00. The van der Waals surface area contributed by atoms with Crippen LogP contribution in [-0.4, -0.2) is 19.6 Å². The largest absolute Gasteiger partial charge is 0.497 e. The molecule has 3 nitrogen and oxygen atoms in total. The predicted octanol–water partition coefficient (Wildman–Crippen LogP) is 1.53. The molecule has 0 unspecified atom stereocenters. The lowest BCUT2D eigenvalue weighted by Gasteiger charge is -2.25. The summed E-state index contributed by atoms with van der Waals surface area (Å²) in [6, 6.07) is 4.05. The molecule has 0 radical (unpaired) electrons. The topological polar surface area (TPSA) is 29.5 Å². The molecule has 0 bridgehead atoms. The van der Waals surface area contributed by atoms with Crippen molar-refractivity contribution in [3.05, 3.63) is 23.3 Å². The third kappa shape index (κ3) is 1.16. The first kappa shape index (κ1) is 8.77. The van der Waals surface area contributed by atoms with Gasteiger partial charge < -0.3 is 9.64 Å². The third-order valence-electron chi connectivity index (χ3n) is 3.22. The summed E-state index contributed by atoms with van der Waals surface area (Å²) in [5, 5.41) is 0. The molecular formula is C12H13NO2. The van der Waals surface area contributed by atoms with E-state index < -0.39 is 0 Å². The summed E-state index contributed by atoms with van der Waals surface area (Å²) in [6.45, 7) is 0.880. The highest BCUT2D eigenvalue weighted by Crippen LogP contribution is 2.39. The van der Waals surface area contributed by atoms with Gasteiger partial charge in [-0.3, -0.25) is 4.79 Å². The molecule has 0 spiro atoms. The van der Waals surface area contributed by atoms with Crippen molar-refractivity contribution in [2.24, 2.45) is 0 Å². The highest BCUT2D eigenvalue weighted by atomic mass is 16.5. The molecule has 78 valence electrons. The van der Waals surface area contributed by atoms with E-state index in [4.69, 9.17) is 4.74 Å². The number of amides is 1. The number of nitrogens with zero attached hydrogens (tertiary/aromatic N) is 1. The van der Waals surface area contributed by atoms with E-state index in [1.807, 2.05) is 11.0 Å². The Bertz CT molecular complexity index is 439.